The summed E-state index contributed by atoms with van der Waals surface area (Å²) in [6.07, 6.45) is 1.01. The minimum atomic E-state index is -1.35. The van der Waals surface area contributed by atoms with Gasteiger partial charge in [-0.25, -0.2) is 0 Å². The Balaban J connectivity index is 1.36. The predicted octanol–water partition coefficient (Wildman–Crippen LogP) is 3.32. The largest absolute Gasteiger partial charge is 0.390 e. The number of aliphatic hydroxyl groups is 5. The highest BCUT2D eigenvalue weighted by atomic mass is 16.7. The molecule has 0 bridgehead atoms. The third-order valence-corrected chi connectivity index (χ3v) is 12.9. The van der Waals surface area contributed by atoms with Crippen LogP contribution in [0, 0.1) is 45.8 Å². The molecule has 5 rings (SSSR count). The maximum absolute atomic E-state index is 13.8. The lowest BCUT2D eigenvalue weighted by Crippen LogP contribution is -2.57. The van der Waals surface area contributed by atoms with Gasteiger partial charge in [0.25, 0.3) is 0 Å². The minimum Gasteiger partial charge on any atom is -0.390 e. The zero-order valence-corrected chi connectivity index (χ0v) is 27.7. The summed E-state index contributed by atoms with van der Waals surface area (Å²) in [6, 6.07) is 0. The fourth-order valence-electron chi connectivity index (χ4n) is 10.5. The normalized spacial score (nSPS) is 46.3. The summed E-state index contributed by atoms with van der Waals surface area (Å²) in [5, 5.41) is 52.8. The fourth-order valence-corrected chi connectivity index (χ4v) is 10.5. The first-order valence-corrected chi connectivity index (χ1v) is 16.8. The first kappa shape index (κ1) is 34.1. The molecule has 1 saturated heterocycles. The number of aliphatic hydroxyl groups excluding tert-OH is 4. The highest BCUT2D eigenvalue weighted by molar-refractivity contribution is 5.87. The Morgan fingerprint density at radius 2 is 1.73 bits per heavy atom. The van der Waals surface area contributed by atoms with E-state index >= 15 is 0 Å². The average Bonchev–Trinajstić information content (AvgIpc) is 3.00. The smallest absolute Gasteiger partial charge is 0.186 e. The fraction of sp³-hybridized carbons (Fsp3) is 0.886. The molecule has 5 N–H and O–H groups in total. The molecule has 4 aliphatic carbocycles. The molecule has 5 aliphatic rings. The van der Waals surface area contributed by atoms with E-state index in [9.17, 15) is 35.1 Å². The van der Waals surface area contributed by atoms with Crippen molar-refractivity contribution in [2.45, 2.75) is 142 Å². The van der Waals surface area contributed by atoms with Crippen molar-refractivity contribution in [2.75, 3.05) is 6.61 Å². The molecule has 0 amide bonds. The number of Topliss-reactive ketones (excluding diaryl/α,β-unsaturated/α-hetero) is 2. The van der Waals surface area contributed by atoms with Gasteiger partial charge in [-0.1, -0.05) is 40.7 Å². The lowest BCUT2D eigenvalue weighted by molar-refractivity contribution is -0.300. The van der Waals surface area contributed by atoms with Crippen molar-refractivity contribution < 1.29 is 44.6 Å². The van der Waals surface area contributed by atoms with E-state index in [4.69, 9.17) is 9.47 Å². The van der Waals surface area contributed by atoms with E-state index in [2.05, 4.69) is 33.8 Å². The molecule has 0 aromatic carbocycles. The van der Waals surface area contributed by atoms with Crippen LogP contribution in [0.3, 0.4) is 0 Å². The van der Waals surface area contributed by atoms with E-state index < -0.39 is 36.3 Å². The number of rotatable bonds is 7. The van der Waals surface area contributed by atoms with Crippen LogP contribution in [0.5, 0.6) is 0 Å². The first-order valence-electron chi connectivity index (χ1n) is 16.8. The lowest BCUT2D eigenvalue weighted by atomic mass is 9.50. The van der Waals surface area contributed by atoms with Crippen LogP contribution in [-0.2, 0) is 19.1 Å². The van der Waals surface area contributed by atoms with Gasteiger partial charge in [-0.15, -0.1) is 0 Å². The monoisotopic (exact) mass is 620 g/mol. The van der Waals surface area contributed by atoms with Crippen LogP contribution in [0.15, 0.2) is 11.6 Å². The molecule has 9 heteroatoms. The SMILES string of the molecule is C[C@H](CC(=O)CC(C)(C)O)[C@H]1C(=O)C[C@@]2(C)[C@@H]3CC[C@@H]4[C@H](CC[C@H](O[C@@H]5OC[C@H](O)[C@H](O)[C@H]5O)C4(C)C)[C@@H](O)C3=CC[C@]12C. The molecule has 0 aromatic rings. The Morgan fingerprint density at radius 3 is 2.39 bits per heavy atom. The molecule has 13 atom stereocenters. The molecule has 0 unspecified atom stereocenters. The molecule has 0 radical (unpaired) electrons. The van der Waals surface area contributed by atoms with Gasteiger partial charge in [0.1, 0.15) is 29.9 Å². The Morgan fingerprint density at radius 1 is 1.05 bits per heavy atom. The number of allylic oxidation sites excluding steroid dienone is 1. The van der Waals surface area contributed by atoms with E-state index in [1.807, 2.05) is 6.92 Å². The maximum Gasteiger partial charge on any atom is 0.186 e. The van der Waals surface area contributed by atoms with Crippen LogP contribution >= 0.6 is 0 Å². The van der Waals surface area contributed by atoms with Gasteiger partial charge in [-0.2, -0.15) is 0 Å². The molecule has 250 valence electrons. The van der Waals surface area contributed by atoms with Gasteiger partial charge in [0.15, 0.2) is 6.29 Å². The third kappa shape index (κ3) is 5.67. The molecular formula is C35H56O9. The zero-order chi connectivity index (χ0) is 32.6. The van der Waals surface area contributed by atoms with Gasteiger partial charge in [-0.3, -0.25) is 9.59 Å². The summed E-state index contributed by atoms with van der Waals surface area (Å²) in [6.45, 7) is 13.9. The van der Waals surface area contributed by atoms with Gasteiger partial charge in [0, 0.05) is 25.2 Å². The quantitative estimate of drug-likeness (QED) is 0.270. The van der Waals surface area contributed by atoms with E-state index in [0.29, 0.717) is 19.3 Å². The van der Waals surface area contributed by atoms with Crippen molar-refractivity contribution in [3.63, 3.8) is 0 Å². The molecular weight excluding hydrogens is 564 g/mol. The average molecular weight is 621 g/mol. The van der Waals surface area contributed by atoms with Crippen molar-refractivity contribution in [2.24, 2.45) is 45.8 Å². The number of hydrogen-bond acceptors (Lipinski definition) is 9. The van der Waals surface area contributed by atoms with Crippen LogP contribution in [0.1, 0.15) is 99.8 Å². The summed E-state index contributed by atoms with van der Waals surface area (Å²) in [4.78, 5) is 26.7. The van der Waals surface area contributed by atoms with Crippen molar-refractivity contribution in [3.05, 3.63) is 11.6 Å². The van der Waals surface area contributed by atoms with Crippen molar-refractivity contribution >= 4 is 11.6 Å². The van der Waals surface area contributed by atoms with Gasteiger partial charge in [-0.05, 0) is 91.4 Å². The zero-order valence-electron chi connectivity index (χ0n) is 27.7. The van der Waals surface area contributed by atoms with Gasteiger partial charge >= 0.3 is 0 Å². The number of hydrogen-bond donors (Lipinski definition) is 5. The van der Waals surface area contributed by atoms with Gasteiger partial charge in [0.2, 0.25) is 0 Å². The number of carbonyl (C=O) groups is 2. The lowest BCUT2D eigenvalue weighted by Gasteiger charge is -2.53. The van der Waals surface area contributed by atoms with E-state index in [0.717, 1.165) is 24.8 Å². The van der Waals surface area contributed by atoms with Crippen LogP contribution in [-0.4, -0.2) is 86.1 Å². The maximum atomic E-state index is 13.8. The Kier molecular flexibility index (Phi) is 9.15. The van der Waals surface area contributed by atoms with E-state index in [-0.39, 0.29) is 83.0 Å². The van der Waals surface area contributed by atoms with Gasteiger partial charge < -0.3 is 35.0 Å². The molecule has 0 spiro atoms. The Bertz CT molecular complexity index is 1140. The standard InChI is InChI=1S/C35H56O9/c1-18(14-19(36)15-32(2,3)42)27-24(37)16-35(7)23-10-9-22-20(28(39)21(23)12-13-34(27,35)6)8-11-26(33(22,4)5)44-31-30(41)29(40)25(38)17-43-31/h12,18,20,22-23,25-31,38-42H,8-11,13-17H2,1-7H3/t18-,20+,22-,23-,25+,26+,27+,28-,29+,30-,31+,34-,35+/m1/s1. The Labute approximate surface area is 262 Å². The third-order valence-electron chi connectivity index (χ3n) is 12.9. The van der Waals surface area contributed by atoms with Crippen LogP contribution in [0.25, 0.3) is 0 Å². The molecule has 44 heavy (non-hydrogen) atoms. The summed E-state index contributed by atoms with van der Waals surface area (Å²) in [7, 11) is 0. The van der Waals surface area contributed by atoms with Crippen molar-refractivity contribution in [1.29, 1.82) is 0 Å². The van der Waals surface area contributed by atoms with E-state index in [1.165, 1.54) is 0 Å². The number of carbonyl (C=O) groups excluding carboxylic acids is 2. The van der Waals surface area contributed by atoms with Gasteiger partial charge in [0.05, 0.1) is 24.4 Å². The highest BCUT2D eigenvalue weighted by Crippen LogP contribution is 2.68. The van der Waals surface area contributed by atoms with Crippen LogP contribution in [0.4, 0.5) is 0 Å². The summed E-state index contributed by atoms with van der Waals surface area (Å²) in [5.74, 6) is -0.00575. The number of ether oxygens (including phenoxy) is 2. The van der Waals surface area contributed by atoms with Crippen LogP contribution < -0.4 is 0 Å². The number of fused-ring (bicyclic) bond motifs is 4. The van der Waals surface area contributed by atoms with Crippen LogP contribution in [0.2, 0.25) is 0 Å². The van der Waals surface area contributed by atoms with Crippen molar-refractivity contribution in [1.82, 2.24) is 0 Å². The predicted molar refractivity (Wildman–Crippen MR) is 163 cm³/mol. The summed E-state index contributed by atoms with van der Waals surface area (Å²) >= 11 is 0. The second-order valence-corrected chi connectivity index (χ2v) is 16.7. The molecule has 4 fully saturated rings. The first-order chi connectivity index (χ1) is 20.3. The molecule has 1 heterocycles. The highest BCUT2D eigenvalue weighted by Gasteiger charge is 2.65. The topological polar surface area (TPSA) is 154 Å². The molecule has 0 aromatic heterocycles. The summed E-state index contributed by atoms with van der Waals surface area (Å²) in [5.41, 5.74) is -1.07. The molecule has 9 nitrogen and oxygen atoms in total. The second kappa shape index (κ2) is 11.8. The summed E-state index contributed by atoms with van der Waals surface area (Å²) < 4.78 is 11.9. The number of ketones is 2. The van der Waals surface area contributed by atoms with Crippen molar-refractivity contribution in [3.8, 4) is 0 Å². The minimum absolute atomic E-state index is 0.0214. The Hall–Kier alpha value is -1.20. The second-order valence-electron chi connectivity index (χ2n) is 16.7. The molecule has 1 aliphatic heterocycles. The van der Waals surface area contributed by atoms with E-state index in [1.54, 1.807) is 13.8 Å². The molecule has 3 saturated carbocycles.